The molecule has 4 rings (SSSR count). The summed E-state index contributed by atoms with van der Waals surface area (Å²) in [6.07, 6.45) is -3.50. The van der Waals surface area contributed by atoms with Crippen molar-refractivity contribution in [3.05, 3.63) is 53.2 Å². The molecule has 5 N–H and O–H groups in total. The molecule has 1 aromatic carbocycles. The Kier molecular flexibility index (Phi) is 4.49. The van der Waals surface area contributed by atoms with Crippen LogP contribution in [0, 0.1) is 5.82 Å². The Hall–Kier alpha value is -2.30. The summed E-state index contributed by atoms with van der Waals surface area (Å²) in [7, 11) is 0. The van der Waals surface area contributed by atoms with Gasteiger partial charge in [-0.05, 0) is 23.8 Å². The highest BCUT2D eigenvalue weighted by molar-refractivity contribution is 6.30. The first-order chi connectivity index (χ1) is 12.9. The van der Waals surface area contributed by atoms with E-state index < -0.39 is 36.5 Å². The zero-order chi connectivity index (χ0) is 19.3. The van der Waals surface area contributed by atoms with Crippen molar-refractivity contribution in [2.75, 3.05) is 5.73 Å². The molecule has 0 saturated carbocycles. The predicted octanol–water partition coefficient (Wildman–Crippen LogP) is 1.16. The first-order valence-electron chi connectivity index (χ1n) is 8.10. The van der Waals surface area contributed by atoms with E-state index in [2.05, 4.69) is 9.97 Å². The molecule has 0 spiro atoms. The SMILES string of the molecule is Nc1ncnc2c1ccn2[C@H]1O[C@H]([C@H](O)c2ccc(Cl)c(F)c2)[C@@H](O)[C@H]1O. The summed E-state index contributed by atoms with van der Waals surface area (Å²) >= 11 is 5.65. The van der Waals surface area contributed by atoms with Gasteiger partial charge in [0.15, 0.2) is 6.23 Å². The number of aliphatic hydroxyl groups is 3. The molecule has 27 heavy (non-hydrogen) atoms. The molecule has 10 heteroatoms. The molecule has 8 nitrogen and oxygen atoms in total. The molecule has 0 amide bonds. The fourth-order valence-electron chi connectivity index (χ4n) is 3.26. The van der Waals surface area contributed by atoms with E-state index in [0.717, 1.165) is 6.07 Å². The van der Waals surface area contributed by atoms with Crippen LogP contribution in [-0.4, -0.2) is 48.2 Å². The van der Waals surface area contributed by atoms with Crippen LogP contribution in [0.25, 0.3) is 11.0 Å². The van der Waals surface area contributed by atoms with Crippen LogP contribution in [0.3, 0.4) is 0 Å². The second-order valence-electron chi connectivity index (χ2n) is 6.31. The minimum Gasteiger partial charge on any atom is -0.387 e. The van der Waals surface area contributed by atoms with Crippen molar-refractivity contribution in [3.8, 4) is 0 Å². The maximum Gasteiger partial charge on any atom is 0.164 e. The number of hydrogen-bond acceptors (Lipinski definition) is 7. The number of hydrogen-bond donors (Lipinski definition) is 4. The summed E-state index contributed by atoms with van der Waals surface area (Å²) in [6.45, 7) is 0. The monoisotopic (exact) mass is 394 g/mol. The molecular formula is C17H16ClFN4O4. The van der Waals surface area contributed by atoms with Crippen molar-refractivity contribution in [2.45, 2.75) is 30.6 Å². The van der Waals surface area contributed by atoms with Crippen molar-refractivity contribution >= 4 is 28.5 Å². The van der Waals surface area contributed by atoms with Crippen LogP contribution < -0.4 is 5.73 Å². The van der Waals surface area contributed by atoms with Gasteiger partial charge in [-0.25, -0.2) is 14.4 Å². The van der Waals surface area contributed by atoms with Gasteiger partial charge >= 0.3 is 0 Å². The molecule has 0 aliphatic carbocycles. The third-order valence-electron chi connectivity index (χ3n) is 4.69. The third kappa shape index (κ3) is 2.93. The lowest BCUT2D eigenvalue weighted by Gasteiger charge is -2.21. The minimum absolute atomic E-state index is 0.0900. The zero-order valence-electron chi connectivity index (χ0n) is 13.8. The van der Waals surface area contributed by atoms with Crippen LogP contribution in [0.2, 0.25) is 5.02 Å². The number of rotatable bonds is 3. The number of aromatic nitrogens is 3. The molecule has 0 bridgehead atoms. The Balaban J connectivity index is 1.66. The molecule has 2 aromatic heterocycles. The lowest BCUT2D eigenvalue weighted by molar-refractivity contribution is -0.0848. The van der Waals surface area contributed by atoms with Gasteiger partial charge in [0.05, 0.1) is 10.4 Å². The van der Waals surface area contributed by atoms with Gasteiger partial charge in [0, 0.05) is 6.20 Å². The van der Waals surface area contributed by atoms with Gasteiger partial charge in [0.1, 0.15) is 48.0 Å². The Morgan fingerprint density at radius 1 is 1.22 bits per heavy atom. The fraction of sp³-hybridized carbons (Fsp3) is 0.294. The van der Waals surface area contributed by atoms with Gasteiger partial charge in [0.2, 0.25) is 0 Å². The third-order valence-corrected chi connectivity index (χ3v) is 4.99. The van der Waals surface area contributed by atoms with Gasteiger partial charge in [-0.2, -0.15) is 0 Å². The van der Waals surface area contributed by atoms with Gasteiger partial charge in [-0.3, -0.25) is 0 Å². The number of halogens is 2. The number of nitrogens with two attached hydrogens (primary N) is 1. The highest BCUT2D eigenvalue weighted by Crippen LogP contribution is 2.38. The molecule has 0 radical (unpaired) electrons. The number of anilines is 1. The average molecular weight is 395 g/mol. The highest BCUT2D eigenvalue weighted by atomic mass is 35.5. The zero-order valence-corrected chi connectivity index (χ0v) is 14.5. The summed E-state index contributed by atoms with van der Waals surface area (Å²) in [5, 5.41) is 31.8. The van der Waals surface area contributed by atoms with E-state index >= 15 is 0 Å². The van der Waals surface area contributed by atoms with Crippen LogP contribution in [0.5, 0.6) is 0 Å². The Morgan fingerprint density at radius 2 is 2.00 bits per heavy atom. The van der Waals surface area contributed by atoms with Crippen molar-refractivity contribution in [1.29, 1.82) is 0 Å². The number of aliphatic hydroxyl groups excluding tert-OH is 3. The van der Waals surface area contributed by atoms with Crippen LogP contribution in [0.1, 0.15) is 17.9 Å². The smallest absolute Gasteiger partial charge is 0.164 e. The molecule has 1 aliphatic heterocycles. The van der Waals surface area contributed by atoms with Crippen molar-refractivity contribution in [3.63, 3.8) is 0 Å². The topological polar surface area (TPSA) is 127 Å². The van der Waals surface area contributed by atoms with Gasteiger partial charge in [0.25, 0.3) is 0 Å². The summed E-state index contributed by atoms with van der Waals surface area (Å²) in [4.78, 5) is 8.02. The van der Waals surface area contributed by atoms with E-state index in [9.17, 15) is 19.7 Å². The summed E-state index contributed by atoms with van der Waals surface area (Å²) in [6, 6.07) is 5.43. The van der Waals surface area contributed by atoms with Crippen molar-refractivity contribution < 1.29 is 24.4 Å². The average Bonchev–Trinajstić information content (AvgIpc) is 3.20. The van der Waals surface area contributed by atoms with Crippen LogP contribution in [0.15, 0.2) is 36.8 Å². The molecule has 1 saturated heterocycles. The molecule has 142 valence electrons. The first-order valence-corrected chi connectivity index (χ1v) is 8.48. The van der Waals surface area contributed by atoms with E-state index in [1.165, 1.54) is 23.0 Å². The second-order valence-corrected chi connectivity index (χ2v) is 6.72. The van der Waals surface area contributed by atoms with Gasteiger partial charge in [-0.15, -0.1) is 0 Å². The van der Waals surface area contributed by atoms with E-state index in [4.69, 9.17) is 22.1 Å². The summed E-state index contributed by atoms with van der Waals surface area (Å²) in [5.74, 6) is -0.443. The Labute approximate surface area is 157 Å². The largest absolute Gasteiger partial charge is 0.387 e. The lowest BCUT2D eigenvalue weighted by atomic mass is 9.99. The second kappa shape index (κ2) is 6.70. The number of nitrogen functional groups attached to an aromatic ring is 1. The molecular weight excluding hydrogens is 379 g/mol. The van der Waals surface area contributed by atoms with Crippen molar-refractivity contribution in [1.82, 2.24) is 14.5 Å². The van der Waals surface area contributed by atoms with Crippen LogP contribution in [0.4, 0.5) is 10.2 Å². The van der Waals surface area contributed by atoms with E-state index in [1.54, 1.807) is 12.3 Å². The maximum atomic E-state index is 13.7. The predicted molar refractivity (Wildman–Crippen MR) is 94.2 cm³/mol. The molecule has 5 atom stereocenters. The quantitative estimate of drug-likeness (QED) is 0.525. The standard InChI is InChI=1S/C17H16ClFN4O4/c18-9-2-1-7(5-10(9)19)11(24)14-12(25)13(26)17(27-14)23-4-3-8-15(20)21-6-22-16(8)23/h1-6,11-14,17,24-26H,(H2,20,21,22)/t11-,12+,13-,14-,17+/m1/s1. The molecule has 1 aliphatic rings. The van der Waals surface area contributed by atoms with Gasteiger partial charge < -0.3 is 30.4 Å². The number of fused-ring (bicyclic) bond motifs is 1. The minimum atomic E-state index is -1.42. The Morgan fingerprint density at radius 3 is 2.74 bits per heavy atom. The lowest BCUT2D eigenvalue weighted by Crippen LogP contribution is -2.34. The summed E-state index contributed by atoms with van der Waals surface area (Å²) in [5.41, 5.74) is 6.38. The van der Waals surface area contributed by atoms with Gasteiger partial charge in [-0.1, -0.05) is 17.7 Å². The normalized spacial score (nSPS) is 26.6. The van der Waals surface area contributed by atoms with E-state index in [0.29, 0.717) is 11.0 Å². The first kappa shape index (κ1) is 18.1. The van der Waals surface area contributed by atoms with Crippen LogP contribution in [-0.2, 0) is 4.74 Å². The molecule has 3 heterocycles. The number of ether oxygens (including phenoxy) is 1. The maximum absolute atomic E-state index is 13.7. The number of benzene rings is 1. The van der Waals surface area contributed by atoms with E-state index in [1.807, 2.05) is 0 Å². The van der Waals surface area contributed by atoms with Crippen molar-refractivity contribution in [2.24, 2.45) is 0 Å². The Bertz CT molecular complexity index is 1000. The molecule has 3 aromatic rings. The number of nitrogens with zero attached hydrogens (tertiary/aromatic N) is 3. The fourth-order valence-corrected chi connectivity index (χ4v) is 3.38. The van der Waals surface area contributed by atoms with Crippen LogP contribution >= 0.6 is 11.6 Å². The summed E-state index contributed by atoms with van der Waals surface area (Å²) < 4.78 is 20.9. The molecule has 1 fully saturated rings. The molecule has 0 unspecified atom stereocenters. The highest BCUT2D eigenvalue weighted by Gasteiger charge is 2.47. The van der Waals surface area contributed by atoms with E-state index in [-0.39, 0.29) is 16.4 Å².